The molecule has 0 aliphatic rings. The zero-order valence-electron chi connectivity index (χ0n) is 29.5. The van der Waals surface area contributed by atoms with E-state index in [1.165, 1.54) is 21.5 Å². The lowest BCUT2D eigenvalue weighted by Crippen LogP contribution is -1.98. The van der Waals surface area contributed by atoms with Gasteiger partial charge in [0.05, 0.1) is 51.3 Å². The van der Waals surface area contributed by atoms with E-state index in [0.29, 0.717) is 11.3 Å². The van der Waals surface area contributed by atoms with Crippen molar-refractivity contribution in [3.8, 4) is 34.3 Å². The number of aromatic nitrogens is 3. The maximum atomic E-state index is 9.86. The first-order valence-corrected chi connectivity index (χ1v) is 18.3. The molecule has 0 amide bonds. The van der Waals surface area contributed by atoms with E-state index in [0.717, 1.165) is 72.1 Å². The van der Waals surface area contributed by atoms with E-state index in [4.69, 9.17) is 6.57 Å². The third kappa shape index (κ3) is 4.51. The molecule has 11 rings (SSSR count). The van der Waals surface area contributed by atoms with Gasteiger partial charge in [-0.15, -0.1) is 0 Å². The minimum absolute atomic E-state index is 0.596. The lowest BCUT2D eigenvalue weighted by Gasteiger charge is -2.16. The molecule has 0 radical (unpaired) electrons. The predicted octanol–water partition coefficient (Wildman–Crippen LogP) is 13.1. The molecule has 0 bridgehead atoms. The second kappa shape index (κ2) is 11.8. The Morgan fingerprint density at radius 3 is 1.51 bits per heavy atom. The average molecular weight is 700 g/mol. The lowest BCUT2D eigenvalue weighted by atomic mass is 10.0. The molecular formula is C50H29N5. The van der Waals surface area contributed by atoms with Crippen LogP contribution in [0.3, 0.4) is 0 Å². The summed E-state index contributed by atoms with van der Waals surface area (Å²) in [6, 6.07) is 63.8. The van der Waals surface area contributed by atoms with Crippen LogP contribution in [-0.2, 0) is 0 Å². The number of nitriles is 1. The summed E-state index contributed by atoms with van der Waals surface area (Å²) in [5.74, 6) is 0. The summed E-state index contributed by atoms with van der Waals surface area (Å²) in [4.78, 5) is 3.82. The van der Waals surface area contributed by atoms with Crippen molar-refractivity contribution in [2.75, 3.05) is 0 Å². The molecule has 0 N–H and O–H groups in total. The van der Waals surface area contributed by atoms with Gasteiger partial charge in [-0.3, -0.25) is 0 Å². The van der Waals surface area contributed by atoms with Gasteiger partial charge in [0.15, 0.2) is 5.69 Å². The second-order valence-electron chi connectivity index (χ2n) is 14.0. The van der Waals surface area contributed by atoms with E-state index in [-0.39, 0.29) is 0 Å². The Morgan fingerprint density at radius 1 is 0.418 bits per heavy atom. The van der Waals surface area contributed by atoms with Crippen LogP contribution in [0.15, 0.2) is 176 Å². The lowest BCUT2D eigenvalue weighted by molar-refractivity contribution is 1.15. The van der Waals surface area contributed by atoms with Crippen LogP contribution in [0.25, 0.3) is 98.5 Å². The molecule has 254 valence electrons. The minimum atomic E-state index is 0.596. The maximum Gasteiger partial charge on any atom is 0.189 e. The number of hydrogen-bond donors (Lipinski definition) is 0. The van der Waals surface area contributed by atoms with Gasteiger partial charge in [-0.25, -0.2) is 4.85 Å². The van der Waals surface area contributed by atoms with Gasteiger partial charge in [-0.1, -0.05) is 103 Å². The van der Waals surface area contributed by atoms with Crippen LogP contribution in [0.2, 0.25) is 0 Å². The quantitative estimate of drug-likeness (QED) is 0.169. The number of rotatable bonds is 4. The molecule has 3 heterocycles. The van der Waals surface area contributed by atoms with E-state index in [9.17, 15) is 5.26 Å². The third-order valence-corrected chi connectivity index (χ3v) is 11.1. The summed E-state index contributed by atoms with van der Waals surface area (Å²) < 4.78 is 6.94. The van der Waals surface area contributed by atoms with Gasteiger partial charge in [0, 0.05) is 54.9 Å². The number of hydrogen-bond acceptors (Lipinski definition) is 1. The zero-order valence-corrected chi connectivity index (χ0v) is 29.5. The topological polar surface area (TPSA) is 42.9 Å². The van der Waals surface area contributed by atoms with Crippen molar-refractivity contribution in [2.24, 2.45) is 0 Å². The highest BCUT2D eigenvalue weighted by Gasteiger charge is 2.19. The van der Waals surface area contributed by atoms with Gasteiger partial charge >= 0.3 is 0 Å². The number of benzene rings is 8. The van der Waals surface area contributed by atoms with Crippen molar-refractivity contribution in [3.63, 3.8) is 0 Å². The number of fused-ring (bicyclic) bond motifs is 9. The summed E-state index contributed by atoms with van der Waals surface area (Å²) in [5.41, 5.74) is 13.0. The summed E-state index contributed by atoms with van der Waals surface area (Å²) in [7, 11) is 0. The molecule has 0 spiro atoms. The van der Waals surface area contributed by atoms with Crippen LogP contribution in [0, 0.1) is 17.9 Å². The first-order chi connectivity index (χ1) is 27.2. The molecule has 3 aromatic heterocycles. The monoisotopic (exact) mass is 699 g/mol. The Balaban J connectivity index is 1.12. The maximum absolute atomic E-state index is 9.86. The van der Waals surface area contributed by atoms with Crippen molar-refractivity contribution in [1.82, 2.24) is 13.7 Å². The Hall–Kier alpha value is -7.86. The molecule has 8 aromatic carbocycles. The molecule has 5 nitrogen and oxygen atoms in total. The van der Waals surface area contributed by atoms with Crippen LogP contribution in [0.5, 0.6) is 0 Å². The Kier molecular flexibility index (Phi) is 6.61. The molecule has 0 saturated heterocycles. The molecule has 0 saturated carbocycles. The van der Waals surface area contributed by atoms with Gasteiger partial charge in [-0.2, -0.15) is 5.26 Å². The van der Waals surface area contributed by atoms with Gasteiger partial charge in [-0.05, 0) is 78.4 Å². The van der Waals surface area contributed by atoms with Crippen molar-refractivity contribution in [3.05, 3.63) is 193 Å². The molecule has 0 unspecified atom stereocenters. The highest BCUT2D eigenvalue weighted by molar-refractivity contribution is 6.13. The standard InChI is InChI=1S/C50H29N5/c1-52-34-21-25-37(49(29-34)55-46-16-8-4-12-40(46)41-13-5-9-17-47(41)55)33-19-22-35(23-20-33)53-48-27-18-32(31-51)28-43(48)42-26-24-36(30-50(42)53)54-44-14-6-2-10-38(44)39-11-3-7-15-45(39)54/h2-30H. The Labute approximate surface area is 316 Å². The molecule has 0 atom stereocenters. The van der Waals surface area contributed by atoms with Gasteiger partial charge in [0.2, 0.25) is 0 Å². The average Bonchev–Trinajstić information content (AvgIpc) is 3.88. The summed E-state index contributed by atoms with van der Waals surface area (Å²) in [6.45, 7) is 7.87. The molecule has 5 heteroatoms. The molecule has 11 aromatic rings. The van der Waals surface area contributed by atoms with E-state index in [1.807, 2.05) is 24.3 Å². The molecular weight excluding hydrogens is 671 g/mol. The van der Waals surface area contributed by atoms with Crippen LogP contribution in [0.1, 0.15) is 5.56 Å². The van der Waals surface area contributed by atoms with Crippen LogP contribution < -0.4 is 0 Å². The van der Waals surface area contributed by atoms with Crippen LogP contribution in [-0.4, -0.2) is 13.7 Å². The Bertz CT molecular complexity index is 3350. The third-order valence-electron chi connectivity index (χ3n) is 11.1. The predicted molar refractivity (Wildman–Crippen MR) is 226 cm³/mol. The summed E-state index contributed by atoms with van der Waals surface area (Å²) in [6.07, 6.45) is 0. The van der Waals surface area contributed by atoms with E-state index < -0.39 is 0 Å². The molecule has 55 heavy (non-hydrogen) atoms. The fraction of sp³-hybridized carbons (Fsp3) is 0. The van der Waals surface area contributed by atoms with Crippen molar-refractivity contribution < 1.29 is 0 Å². The SMILES string of the molecule is [C-]#[N+]c1ccc(-c2ccc(-n3c4ccc(C#N)cc4c4ccc(-n5c6ccccc6c6ccccc65)cc43)cc2)c(-n2c3ccccc3c3ccccc32)c1. The molecule has 0 aliphatic heterocycles. The number of nitrogens with zero attached hydrogens (tertiary/aromatic N) is 5. The van der Waals surface area contributed by atoms with Crippen LogP contribution >= 0.6 is 0 Å². The highest BCUT2D eigenvalue weighted by Crippen LogP contribution is 2.40. The summed E-state index contributed by atoms with van der Waals surface area (Å²) in [5, 5.41) is 16.8. The highest BCUT2D eigenvalue weighted by atomic mass is 15.0. The van der Waals surface area contributed by atoms with Crippen molar-refractivity contribution >= 4 is 71.1 Å². The minimum Gasteiger partial charge on any atom is -0.310 e. The summed E-state index contributed by atoms with van der Waals surface area (Å²) >= 11 is 0. The van der Waals surface area contributed by atoms with Crippen molar-refractivity contribution in [2.45, 2.75) is 0 Å². The largest absolute Gasteiger partial charge is 0.310 e. The van der Waals surface area contributed by atoms with Gasteiger partial charge < -0.3 is 13.7 Å². The second-order valence-corrected chi connectivity index (χ2v) is 14.0. The molecule has 0 aliphatic carbocycles. The smallest absolute Gasteiger partial charge is 0.189 e. The van der Waals surface area contributed by atoms with E-state index >= 15 is 0 Å². The fourth-order valence-corrected chi connectivity index (χ4v) is 8.69. The zero-order chi connectivity index (χ0) is 36.6. The van der Waals surface area contributed by atoms with E-state index in [2.05, 4.69) is 176 Å². The Morgan fingerprint density at radius 2 is 0.927 bits per heavy atom. The van der Waals surface area contributed by atoms with E-state index in [1.54, 1.807) is 0 Å². The number of para-hydroxylation sites is 4. The first-order valence-electron chi connectivity index (χ1n) is 18.3. The fourth-order valence-electron chi connectivity index (χ4n) is 8.69. The van der Waals surface area contributed by atoms with Crippen LogP contribution in [0.4, 0.5) is 5.69 Å². The van der Waals surface area contributed by atoms with Gasteiger partial charge in [0.1, 0.15) is 0 Å². The van der Waals surface area contributed by atoms with Gasteiger partial charge in [0.25, 0.3) is 0 Å². The normalized spacial score (nSPS) is 11.6. The first kappa shape index (κ1) is 30.7. The van der Waals surface area contributed by atoms with Crippen molar-refractivity contribution in [1.29, 1.82) is 5.26 Å². The molecule has 0 fully saturated rings.